The molecule has 19 heteroatoms. The lowest BCUT2D eigenvalue weighted by atomic mass is 9.85. The van der Waals surface area contributed by atoms with E-state index in [0.717, 1.165) is 27.8 Å². The second-order valence-corrected chi connectivity index (χ2v) is 14.5. The van der Waals surface area contributed by atoms with E-state index in [1.54, 1.807) is 13.0 Å². The molecule has 5 aromatic rings. The number of fused-ring (bicyclic) bond motifs is 4. The van der Waals surface area contributed by atoms with Gasteiger partial charge in [-0.2, -0.15) is 22.7 Å². The van der Waals surface area contributed by atoms with Gasteiger partial charge in [-0.25, -0.2) is 4.98 Å². The number of nitrogens with one attached hydrogen (secondary N) is 2. The number of alkyl halides is 3. The number of aromatic hydroxyl groups is 1. The van der Waals surface area contributed by atoms with Crippen molar-refractivity contribution in [2.75, 3.05) is 25.0 Å². The van der Waals surface area contributed by atoms with Gasteiger partial charge in [-0.3, -0.25) is 19.2 Å². The number of nitrogens with zero attached hydrogens (tertiary/aromatic N) is 6. The van der Waals surface area contributed by atoms with Gasteiger partial charge in [0.15, 0.2) is 11.5 Å². The topological polar surface area (TPSA) is 182 Å². The average molecular weight is 807 g/mol. The van der Waals surface area contributed by atoms with Gasteiger partial charge in [0.1, 0.15) is 17.9 Å². The molecule has 0 unspecified atom stereocenters. The van der Waals surface area contributed by atoms with E-state index in [-0.39, 0.29) is 77.8 Å². The van der Waals surface area contributed by atoms with Crippen LogP contribution in [0.3, 0.4) is 0 Å². The second-order valence-electron chi connectivity index (χ2n) is 14.1. The number of hydrogen-bond donors (Lipinski definition) is 3. The van der Waals surface area contributed by atoms with Crippen LogP contribution in [0.4, 0.5) is 18.9 Å². The molecular weight excluding hydrogens is 773 g/mol. The van der Waals surface area contributed by atoms with Crippen LogP contribution in [-0.2, 0) is 44.0 Å². The summed E-state index contributed by atoms with van der Waals surface area (Å²) in [4.78, 5) is 64.0. The molecule has 1 spiro atoms. The van der Waals surface area contributed by atoms with Gasteiger partial charge in [-0.05, 0) is 67.3 Å². The van der Waals surface area contributed by atoms with Crippen LogP contribution in [0.1, 0.15) is 77.3 Å². The normalized spacial score (nSPS) is 18.7. The SMILES string of the molecule is CC(=O)N[C@@H]1COCc2ccc(-c3nc4n(CC(=O)Nc5ccc(C(F)(F)F)cc5Cl)c5c(c(=O)n4n3)C3(CCN(C(=O)c4ncccc4O)CC3)O[C@@H]5C)cc21. The lowest BCUT2D eigenvalue weighted by molar-refractivity contribution is -0.137. The first kappa shape index (κ1) is 38.0. The maximum atomic E-state index is 14.6. The molecule has 3 aliphatic rings. The van der Waals surface area contributed by atoms with Crippen LogP contribution in [0.5, 0.6) is 5.75 Å². The van der Waals surface area contributed by atoms with Crippen LogP contribution in [0.2, 0.25) is 5.02 Å². The van der Waals surface area contributed by atoms with Gasteiger partial charge >= 0.3 is 6.18 Å². The van der Waals surface area contributed by atoms with Gasteiger partial charge in [0.25, 0.3) is 11.5 Å². The summed E-state index contributed by atoms with van der Waals surface area (Å²) in [6, 6.07) is 10.4. The molecule has 3 amide bonds. The smallest absolute Gasteiger partial charge is 0.416 e. The van der Waals surface area contributed by atoms with E-state index in [1.807, 2.05) is 12.1 Å². The summed E-state index contributed by atoms with van der Waals surface area (Å²) >= 11 is 6.17. The number of rotatable bonds is 6. The van der Waals surface area contributed by atoms with Crippen molar-refractivity contribution in [1.82, 2.24) is 34.4 Å². The predicted octanol–water partition coefficient (Wildman–Crippen LogP) is 4.90. The first-order valence-electron chi connectivity index (χ1n) is 17.9. The summed E-state index contributed by atoms with van der Waals surface area (Å²) in [6.45, 7) is 3.51. The highest BCUT2D eigenvalue weighted by molar-refractivity contribution is 6.33. The number of carbonyl (C=O) groups excluding carboxylic acids is 3. The molecule has 2 aromatic carbocycles. The van der Waals surface area contributed by atoms with E-state index in [9.17, 15) is 37.5 Å². The minimum Gasteiger partial charge on any atom is -0.505 e. The van der Waals surface area contributed by atoms with Crippen molar-refractivity contribution in [3.63, 3.8) is 0 Å². The fourth-order valence-corrected chi connectivity index (χ4v) is 8.09. The molecule has 3 aromatic heterocycles. The molecule has 0 aliphatic carbocycles. The van der Waals surface area contributed by atoms with Crippen LogP contribution < -0.4 is 16.2 Å². The molecule has 296 valence electrons. The Morgan fingerprint density at radius 3 is 2.58 bits per heavy atom. The Morgan fingerprint density at radius 1 is 1.11 bits per heavy atom. The third-order valence-corrected chi connectivity index (χ3v) is 10.8. The number of piperidine rings is 1. The molecule has 0 bridgehead atoms. The van der Waals surface area contributed by atoms with E-state index >= 15 is 0 Å². The van der Waals surface area contributed by atoms with Crippen molar-refractivity contribution in [1.29, 1.82) is 0 Å². The van der Waals surface area contributed by atoms with Crippen LogP contribution in [0.15, 0.2) is 59.5 Å². The van der Waals surface area contributed by atoms with Crippen molar-refractivity contribution in [2.24, 2.45) is 0 Å². The summed E-state index contributed by atoms with van der Waals surface area (Å²) in [5.41, 5.74) is -0.182. The minimum atomic E-state index is -4.65. The third kappa shape index (κ3) is 6.86. The van der Waals surface area contributed by atoms with E-state index < -0.39 is 53.4 Å². The number of pyridine rings is 1. The number of anilines is 1. The van der Waals surface area contributed by atoms with Crippen molar-refractivity contribution in [3.8, 4) is 17.1 Å². The van der Waals surface area contributed by atoms with Crippen molar-refractivity contribution in [3.05, 3.63) is 104 Å². The molecule has 0 radical (unpaired) electrons. The first-order chi connectivity index (χ1) is 27.1. The standard InChI is InChI=1S/C38H34ClF3N8O7/c1-19-32-30(37(57-19)9-12-48(13-10-37)35(55)31-28(52)4-3-11-43-31)34(54)50-36(49(32)16-29(53)45-26-8-7-23(15-25(26)39)38(40,41)42)46-33(47-50)21-5-6-22-17-56-18-27(24(22)14-21)44-20(2)51/h3-8,11,14-15,19,27,52H,9-10,12-13,16-18H2,1-2H3,(H,44,51)(H,45,53)/t19-,27-/m1/s1. The minimum absolute atomic E-state index is 0.00683. The maximum absolute atomic E-state index is 14.6. The van der Waals surface area contributed by atoms with E-state index in [2.05, 4.69) is 20.7 Å². The Bertz CT molecular complexity index is 2530. The van der Waals surface area contributed by atoms with E-state index in [0.29, 0.717) is 23.9 Å². The summed E-state index contributed by atoms with van der Waals surface area (Å²) in [6.07, 6.45) is -3.65. The largest absolute Gasteiger partial charge is 0.505 e. The van der Waals surface area contributed by atoms with Crippen molar-refractivity contribution >= 4 is 40.8 Å². The van der Waals surface area contributed by atoms with Crippen molar-refractivity contribution in [2.45, 2.75) is 63.8 Å². The van der Waals surface area contributed by atoms with Crippen LogP contribution in [-0.4, -0.2) is 71.6 Å². The molecule has 1 saturated heterocycles. The number of ether oxygens (including phenoxy) is 2. The average Bonchev–Trinajstić information content (AvgIpc) is 3.74. The van der Waals surface area contributed by atoms with Crippen LogP contribution in [0, 0.1) is 0 Å². The summed E-state index contributed by atoms with van der Waals surface area (Å²) in [7, 11) is 0. The van der Waals surface area contributed by atoms with Crippen LogP contribution in [0.25, 0.3) is 17.2 Å². The highest BCUT2D eigenvalue weighted by Gasteiger charge is 2.50. The Morgan fingerprint density at radius 2 is 1.88 bits per heavy atom. The molecule has 2 atom stereocenters. The van der Waals surface area contributed by atoms with Gasteiger partial charge in [0, 0.05) is 31.8 Å². The zero-order chi connectivity index (χ0) is 40.4. The molecular formula is C38H34ClF3N8O7. The number of halogens is 4. The number of aromatic nitrogens is 5. The Labute approximate surface area is 326 Å². The number of hydrogen-bond acceptors (Lipinski definition) is 10. The van der Waals surface area contributed by atoms with Gasteiger partial charge in [0.2, 0.25) is 17.6 Å². The summed E-state index contributed by atoms with van der Waals surface area (Å²) < 4.78 is 54.8. The van der Waals surface area contributed by atoms with E-state index in [4.69, 9.17) is 26.1 Å². The lowest BCUT2D eigenvalue weighted by Crippen LogP contribution is -2.47. The Hall–Kier alpha value is -5.85. The monoisotopic (exact) mass is 806 g/mol. The predicted molar refractivity (Wildman–Crippen MR) is 196 cm³/mol. The quantitative estimate of drug-likeness (QED) is 0.214. The fraction of sp³-hybridized carbons (Fsp3) is 0.342. The molecule has 3 N–H and O–H groups in total. The number of likely N-dealkylation sites (tertiary alicyclic amines) is 1. The molecule has 6 heterocycles. The Kier molecular flexibility index (Phi) is 9.52. The highest BCUT2D eigenvalue weighted by atomic mass is 35.5. The molecule has 1 fully saturated rings. The molecule has 3 aliphatic heterocycles. The molecule has 0 saturated carbocycles. The number of benzene rings is 2. The highest BCUT2D eigenvalue weighted by Crippen LogP contribution is 2.48. The molecule has 57 heavy (non-hydrogen) atoms. The number of amides is 3. The maximum Gasteiger partial charge on any atom is 0.416 e. The zero-order valence-electron chi connectivity index (χ0n) is 30.4. The Balaban J connectivity index is 1.20. The fourth-order valence-electron chi connectivity index (χ4n) is 7.86. The molecule has 15 nitrogen and oxygen atoms in total. The summed E-state index contributed by atoms with van der Waals surface area (Å²) in [5, 5.41) is 20.0. The second kappa shape index (κ2) is 14.3. The lowest BCUT2D eigenvalue weighted by Gasteiger charge is -2.39. The first-order valence-corrected chi connectivity index (χ1v) is 18.3. The number of carbonyl (C=O) groups is 3. The van der Waals surface area contributed by atoms with Crippen LogP contribution >= 0.6 is 11.6 Å². The van der Waals surface area contributed by atoms with Gasteiger partial charge in [0.05, 0.1) is 52.9 Å². The van der Waals surface area contributed by atoms with Crippen molar-refractivity contribution < 1.29 is 42.1 Å². The molecule has 8 rings (SSSR count). The van der Waals surface area contributed by atoms with Gasteiger partial charge in [-0.1, -0.05) is 23.7 Å². The summed E-state index contributed by atoms with van der Waals surface area (Å²) in [5.74, 6) is -1.55. The van der Waals surface area contributed by atoms with Gasteiger partial charge < -0.3 is 34.7 Å². The zero-order valence-corrected chi connectivity index (χ0v) is 31.1. The third-order valence-electron chi connectivity index (χ3n) is 10.4. The van der Waals surface area contributed by atoms with E-state index in [1.165, 1.54) is 34.7 Å². The van der Waals surface area contributed by atoms with Gasteiger partial charge in [-0.15, -0.1) is 5.10 Å².